The van der Waals surface area contributed by atoms with Crippen LogP contribution in [0.4, 0.5) is 39.3 Å². The molecule has 4 rings (SSSR count). The van der Waals surface area contributed by atoms with Gasteiger partial charge in [0.1, 0.15) is 5.82 Å². The number of anilines is 5. The number of non-ortho nitro benzene ring substituents is 1. The molecule has 0 aliphatic carbocycles. The van der Waals surface area contributed by atoms with E-state index in [1.54, 1.807) is 24.3 Å². The van der Waals surface area contributed by atoms with Gasteiger partial charge in [-0.3, -0.25) is 10.1 Å². The molecule has 11 heteroatoms. The molecule has 0 saturated heterocycles. The maximum Gasteiger partial charge on any atom is 0.269 e. The van der Waals surface area contributed by atoms with E-state index in [0.717, 1.165) is 16.8 Å². The van der Waals surface area contributed by atoms with Gasteiger partial charge in [-0.05, 0) is 66.9 Å². The Morgan fingerprint density at radius 1 is 0.829 bits per heavy atom. The molecule has 0 aliphatic rings. The first-order chi connectivity index (χ1) is 16.9. The highest BCUT2D eigenvalue weighted by atomic mass is 19.1. The van der Waals surface area contributed by atoms with Crippen molar-refractivity contribution in [3.05, 3.63) is 99.4 Å². The van der Waals surface area contributed by atoms with E-state index in [2.05, 4.69) is 36.1 Å². The lowest BCUT2D eigenvalue weighted by Gasteiger charge is -2.11. The first kappa shape index (κ1) is 23.2. The number of nitrogens with zero attached hydrogens (tertiary/aromatic N) is 5. The van der Waals surface area contributed by atoms with Crippen LogP contribution in [0.25, 0.3) is 0 Å². The fraction of sp³-hybridized carbons (Fsp3) is 0.0833. The summed E-state index contributed by atoms with van der Waals surface area (Å²) in [7, 11) is 0. The summed E-state index contributed by atoms with van der Waals surface area (Å²) in [5, 5.41) is 21.2. The number of nitro groups is 1. The zero-order chi connectivity index (χ0) is 24.8. The average molecular weight is 472 g/mol. The number of rotatable bonds is 8. The molecule has 1 aromatic heterocycles. The van der Waals surface area contributed by atoms with E-state index in [-0.39, 0.29) is 29.3 Å². The molecule has 0 atom stereocenters. The summed E-state index contributed by atoms with van der Waals surface area (Å²) in [4.78, 5) is 23.5. The monoisotopic (exact) mass is 472 g/mol. The predicted molar refractivity (Wildman–Crippen MR) is 133 cm³/mol. The normalized spacial score (nSPS) is 10.8. The Morgan fingerprint density at radius 2 is 1.43 bits per heavy atom. The van der Waals surface area contributed by atoms with E-state index >= 15 is 0 Å². The van der Waals surface area contributed by atoms with Crippen molar-refractivity contribution >= 4 is 41.1 Å². The lowest BCUT2D eigenvalue weighted by Crippen LogP contribution is -2.07. The third kappa shape index (κ3) is 6.32. The number of hydrogen-bond donors (Lipinski definition) is 3. The summed E-state index contributed by atoms with van der Waals surface area (Å²) in [6.07, 6.45) is 1.50. The van der Waals surface area contributed by atoms with Crippen molar-refractivity contribution in [2.24, 2.45) is 5.10 Å². The van der Waals surface area contributed by atoms with Crippen molar-refractivity contribution in [1.29, 1.82) is 0 Å². The number of benzene rings is 3. The molecule has 0 aliphatic heterocycles. The van der Waals surface area contributed by atoms with Gasteiger partial charge in [0.15, 0.2) is 0 Å². The standard InChI is InChI=1S/C24H21FN8O2/c1-15-3-8-20(13-16(15)2)28-23-29-22(27-19-9-11-21(12-10-19)33(34)35)30-24(31-23)32-26-14-17-4-6-18(25)7-5-17/h3-14H,1-2H3,(H3,27,28,29,30,31,32)/b26-14-. The van der Waals surface area contributed by atoms with Crippen molar-refractivity contribution in [2.75, 3.05) is 16.1 Å². The van der Waals surface area contributed by atoms with Gasteiger partial charge in [-0.1, -0.05) is 18.2 Å². The van der Waals surface area contributed by atoms with Gasteiger partial charge in [-0.25, -0.2) is 9.82 Å². The fourth-order valence-electron chi connectivity index (χ4n) is 2.99. The summed E-state index contributed by atoms with van der Waals surface area (Å²) in [6, 6.07) is 17.6. The molecule has 0 amide bonds. The van der Waals surface area contributed by atoms with E-state index in [1.165, 1.54) is 30.5 Å². The van der Waals surface area contributed by atoms with Crippen LogP contribution in [0.1, 0.15) is 16.7 Å². The van der Waals surface area contributed by atoms with Crippen molar-refractivity contribution in [2.45, 2.75) is 13.8 Å². The maximum absolute atomic E-state index is 13.1. The third-order valence-corrected chi connectivity index (χ3v) is 4.98. The fourth-order valence-corrected chi connectivity index (χ4v) is 2.99. The molecule has 0 unspecified atom stereocenters. The first-order valence-electron chi connectivity index (χ1n) is 10.5. The SMILES string of the molecule is Cc1ccc(Nc2nc(N/N=C\c3ccc(F)cc3)nc(Nc3ccc([N+](=O)[O-])cc3)n2)cc1C. The molecule has 0 saturated carbocycles. The minimum absolute atomic E-state index is 0.0271. The van der Waals surface area contributed by atoms with Gasteiger partial charge in [-0.2, -0.15) is 20.1 Å². The minimum Gasteiger partial charge on any atom is -0.324 e. The molecule has 3 aromatic carbocycles. The second-order valence-corrected chi connectivity index (χ2v) is 7.58. The van der Waals surface area contributed by atoms with E-state index in [9.17, 15) is 14.5 Å². The summed E-state index contributed by atoms with van der Waals surface area (Å²) < 4.78 is 13.1. The highest BCUT2D eigenvalue weighted by Gasteiger charge is 2.10. The third-order valence-electron chi connectivity index (χ3n) is 4.98. The maximum atomic E-state index is 13.1. The van der Waals surface area contributed by atoms with Crippen LogP contribution in [0, 0.1) is 29.8 Å². The Hall–Kier alpha value is -4.93. The van der Waals surface area contributed by atoms with E-state index < -0.39 is 4.92 Å². The Balaban J connectivity index is 1.59. The number of aromatic nitrogens is 3. The van der Waals surface area contributed by atoms with Crippen molar-refractivity contribution in [3.63, 3.8) is 0 Å². The second-order valence-electron chi connectivity index (χ2n) is 7.58. The topological polar surface area (TPSA) is 130 Å². The largest absolute Gasteiger partial charge is 0.324 e. The van der Waals surface area contributed by atoms with Gasteiger partial charge in [0.05, 0.1) is 11.1 Å². The Bertz CT molecular complexity index is 1380. The number of nitro benzene ring substituents is 1. The van der Waals surface area contributed by atoms with Gasteiger partial charge < -0.3 is 10.6 Å². The summed E-state index contributed by atoms with van der Waals surface area (Å²) in [5.74, 6) is 0.262. The van der Waals surface area contributed by atoms with Crippen molar-refractivity contribution < 1.29 is 9.31 Å². The molecule has 35 heavy (non-hydrogen) atoms. The highest BCUT2D eigenvalue weighted by molar-refractivity contribution is 5.79. The Labute approximate surface area is 200 Å². The zero-order valence-electron chi connectivity index (χ0n) is 18.9. The van der Waals surface area contributed by atoms with Crippen LogP contribution in [-0.4, -0.2) is 26.1 Å². The van der Waals surface area contributed by atoms with Crippen molar-refractivity contribution in [1.82, 2.24) is 15.0 Å². The number of hydrazone groups is 1. The quantitative estimate of drug-likeness (QED) is 0.175. The van der Waals surface area contributed by atoms with E-state index in [1.807, 2.05) is 32.0 Å². The molecular formula is C24H21FN8O2. The lowest BCUT2D eigenvalue weighted by molar-refractivity contribution is -0.384. The number of aryl methyl sites for hydroxylation is 2. The van der Waals surface area contributed by atoms with E-state index in [4.69, 9.17) is 0 Å². The van der Waals surface area contributed by atoms with Gasteiger partial charge in [0, 0.05) is 23.5 Å². The van der Waals surface area contributed by atoms with Gasteiger partial charge in [0.2, 0.25) is 17.8 Å². The molecule has 0 fully saturated rings. The van der Waals surface area contributed by atoms with Crippen LogP contribution < -0.4 is 16.1 Å². The van der Waals surface area contributed by atoms with Crippen LogP contribution in [0.3, 0.4) is 0 Å². The molecule has 3 N–H and O–H groups in total. The molecular weight excluding hydrogens is 451 g/mol. The minimum atomic E-state index is -0.473. The molecule has 4 aromatic rings. The van der Waals surface area contributed by atoms with Crippen LogP contribution in [0.2, 0.25) is 0 Å². The van der Waals surface area contributed by atoms with Crippen LogP contribution in [-0.2, 0) is 0 Å². The summed E-state index contributed by atoms with van der Waals surface area (Å²) >= 11 is 0. The molecule has 1 heterocycles. The lowest BCUT2D eigenvalue weighted by atomic mass is 10.1. The molecule has 10 nitrogen and oxygen atoms in total. The van der Waals surface area contributed by atoms with Crippen molar-refractivity contribution in [3.8, 4) is 0 Å². The predicted octanol–water partition coefficient (Wildman–Crippen LogP) is 5.47. The number of hydrogen-bond acceptors (Lipinski definition) is 9. The first-order valence-corrected chi connectivity index (χ1v) is 10.5. The van der Waals surface area contributed by atoms with E-state index in [0.29, 0.717) is 11.3 Å². The van der Waals surface area contributed by atoms with Gasteiger partial charge in [0.25, 0.3) is 5.69 Å². The molecule has 0 bridgehead atoms. The highest BCUT2D eigenvalue weighted by Crippen LogP contribution is 2.22. The number of halogens is 1. The average Bonchev–Trinajstić information content (AvgIpc) is 2.83. The number of nitrogens with one attached hydrogen (secondary N) is 3. The van der Waals surface area contributed by atoms with Gasteiger partial charge in [-0.15, -0.1) is 0 Å². The van der Waals surface area contributed by atoms with Gasteiger partial charge >= 0.3 is 0 Å². The van der Waals surface area contributed by atoms with Crippen LogP contribution >= 0.6 is 0 Å². The smallest absolute Gasteiger partial charge is 0.269 e. The van der Waals surface area contributed by atoms with Crippen LogP contribution in [0.15, 0.2) is 71.8 Å². The molecule has 0 spiro atoms. The van der Waals surface area contributed by atoms with Crippen LogP contribution in [0.5, 0.6) is 0 Å². The second kappa shape index (κ2) is 10.3. The Kier molecular flexibility index (Phi) is 6.86. The Morgan fingerprint density at radius 3 is 2.06 bits per heavy atom. The summed E-state index contributed by atoms with van der Waals surface area (Å²) in [6.45, 7) is 4.03. The molecule has 176 valence electrons. The molecule has 0 radical (unpaired) electrons. The summed E-state index contributed by atoms with van der Waals surface area (Å²) in [5.41, 5.74) is 7.02. The zero-order valence-corrected chi connectivity index (χ0v) is 18.9.